The molecule has 0 saturated heterocycles. The lowest BCUT2D eigenvalue weighted by Gasteiger charge is -2.06. The summed E-state index contributed by atoms with van der Waals surface area (Å²) in [6, 6.07) is 13.2. The van der Waals surface area contributed by atoms with Gasteiger partial charge in [0.1, 0.15) is 23.0 Å². The molecule has 0 N–H and O–H groups in total. The van der Waals surface area contributed by atoms with Crippen LogP contribution in [0.25, 0.3) is 0 Å². The summed E-state index contributed by atoms with van der Waals surface area (Å²) < 4.78 is 20.3. The molecule has 0 amide bonds. The normalized spacial score (nSPS) is 9.92. The van der Waals surface area contributed by atoms with E-state index in [-0.39, 0.29) is 12.8 Å². The van der Waals surface area contributed by atoms with Crippen LogP contribution in [0.5, 0.6) is 23.0 Å². The molecule has 0 aromatic heterocycles. The average Bonchev–Trinajstić information content (AvgIpc) is 2.61. The molecule has 6 nitrogen and oxygen atoms in total. The smallest absolute Gasteiger partial charge is 0.311 e. The minimum absolute atomic E-state index is 0.0684. The van der Waals surface area contributed by atoms with E-state index in [1.807, 2.05) is 0 Å². The molecule has 0 aliphatic rings. The topological polar surface area (TPSA) is 71.1 Å². The van der Waals surface area contributed by atoms with E-state index in [1.54, 1.807) is 62.8 Å². The van der Waals surface area contributed by atoms with Crippen LogP contribution in [0.15, 0.2) is 48.5 Å². The van der Waals surface area contributed by atoms with E-state index in [9.17, 15) is 9.59 Å². The van der Waals surface area contributed by atoms with Gasteiger partial charge in [-0.2, -0.15) is 0 Å². The first-order chi connectivity index (χ1) is 11.6. The molecule has 0 spiro atoms. The molecule has 0 atom stereocenters. The molecular formula is C18H18O6. The van der Waals surface area contributed by atoms with E-state index in [0.717, 1.165) is 0 Å². The van der Waals surface area contributed by atoms with Crippen LogP contribution < -0.4 is 18.9 Å². The van der Waals surface area contributed by atoms with Crippen LogP contribution in [0.4, 0.5) is 0 Å². The molecule has 0 fully saturated rings. The van der Waals surface area contributed by atoms with Gasteiger partial charge in [-0.15, -0.1) is 0 Å². The lowest BCUT2D eigenvalue weighted by molar-refractivity contribution is -0.140. The fourth-order valence-electron chi connectivity index (χ4n) is 1.86. The van der Waals surface area contributed by atoms with Gasteiger partial charge in [-0.25, -0.2) is 0 Å². The van der Waals surface area contributed by atoms with Crippen LogP contribution in [0.1, 0.15) is 12.8 Å². The number of benzene rings is 2. The largest absolute Gasteiger partial charge is 0.497 e. The van der Waals surface area contributed by atoms with Gasteiger partial charge < -0.3 is 18.9 Å². The molecule has 0 saturated carbocycles. The predicted octanol–water partition coefficient (Wildman–Crippen LogP) is 3.00. The summed E-state index contributed by atoms with van der Waals surface area (Å²) in [4.78, 5) is 23.5. The fourth-order valence-corrected chi connectivity index (χ4v) is 1.86. The van der Waals surface area contributed by atoms with Crippen molar-refractivity contribution in [2.45, 2.75) is 12.8 Å². The van der Waals surface area contributed by atoms with Crippen molar-refractivity contribution in [1.82, 2.24) is 0 Å². The minimum Gasteiger partial charge on any atom is -0.497 e. The van der Waals surface area contributed by atoms with Crippen molar-refractivity contribution in [2.75, 3.05) is 14.2 Å². The summed E-state index contributed by atoms with van der Waals surface area (Å²) in [5, 5.41) is 0. The highest BCUT2D eigenvalue weighted by Gasteiger charge is 2.11. The summed E-state index contributed by atoms with van der Waals surface area (Å²) >= 11 is 0. The Bertz CT molecular complexity index is 614. The van der Waals surface area contributed by atoms with Crippen LogP contribution in [-0.2, 0) is 9.59 Å². The highest BCUT2D eigenvalue weighted by atomic mass is 16.5. The van der Waals surface area contributed by atoms with Crippen LogP contribution in [-0.4, -0.2) is 26.2 Å². The maximum Gasteiger partial charge on any atom is 0.311 e. The molecule has 24 heavy (non-hydrogen) atoms. The first kappa shape index (κ1) is 17.3. The maximum atomic E-state index is 11.7. The second kappa shape index (κ2) is 8.57. The number of hydrogen-bond donors (Lipinski definition) is 0. The van der Waals surface area contributed by atoms with Crippen molar-refractivity contribution in [2.24, 2.45) is 0 Å². The van der Waals surface area contributed by atoms with E-state index in [4.69, 9.17) is 18.9 Å². The summed E-state index contributed by atoms with van der Waals surface area (Å²) in [7, 11) is 3.10. The Kier molecular flexibility index (Phi) is 6.19. The maximum absolute atomic E-state index is 11.7. The van der Waals surface area contributed by atoms with Gasteiger partial charge in [-0.05, 0) is 48.5 Å². The monoisotopic (exact) mass is 330 g/mol. The van der Waals surface area contributed by atoms with Crippen molar-refractivity contribution in [3.05, 3.63) is 48.5 Å². The molecule has 126 valence electrons. The minimum atomic E-state index is -0.508. The average molecular weight is 330 g/mol. The molecular weight excluding hydrogens is 312 g/mol. The molecule has 0 unspecified atom stereocenters. The highest BCUT2D eigenvalue weighted by Crippen LogP contribution is 2.19. The van der Waals surface area contributed by atoms with Gasteiger partial charge in [0, 0.05) is 0 Å². The zero-order chi connectivity index (χ0) is 17.4. The van der Waals surface area contributed by atoms with Gasteiger partial charge in [-0.1, -0.05) is 0 Å². The van der Waals surface area contributed by atoms with Crippen molar-refractivity contribution in [3.8, 4) is 23.0 Å². The Hall–Kier alpha value is -3.02. The summed E-state index contributed by atoms with van der Waals surface area (Å²) in [5.41, 5.74) is 0. The van der Waals surface area contributed by atoms with Crippen molar-refractivity contribution in [1.29, 1.82) is 0 Å². The van der Waals surface area contributed by atoms with Crippen molar-refractivity contribution < 1.29 is 28.5 Å². The Morgan fingerprint density at radius 1 is 0.625 bits per heavy atom. The molecule has 0 bridgehead atoms. The Morgan fingerprint density at radius 2 is 0.917 bits per heavy atom. The van der Waals surface area contributed by atoms with E-state index in [1.165, 1.54) is 0 Å². The standard InChI is InChI=1S/C18H18O6/c1-21-13-3-7-15(8-4-13)23-17(19)11-12-18(20)24-16-9-5-14(22-2)6-10-16/h3-10H,11-12H2,1-2H3. The molecule has 2 aromatic rings. The summed E-state index contributed by atoms with van der Waals surface area (Å²) in [5.74, 6) is 1.10. The van der Waals surface area contributed by atoms with E-state index in [0.29, 0.717) is 23.0 Å². The van der Waals surface area contributed by atoms with Crippen LogP contribution >= 0.6 is 0 Å². The van der Waals surface area contributed by atoms with Gasteiger partial charge in [0.15, 0.2) is 0 Å². The second-order valence-corrected chi connectivity index (χ2v) is 4.80. The van der Waals surface area contributed by atoms with Gasteiger partial charge in [0.2, 0.25) is 0 Å². The molecule has 0 heterocycles. The molecule has 6 heteroatoms. The van der Waals surface area contributed by atoms with Crippen molar-refractivity contribution in [3.63, 3.8) is 0 Å². The van der Waals surface area contributed by atoms with Crippen LogP contribution in [0.2, 0.25) is 0 Å². The second-order valence-electron chi connectivity index (χ2n) is 4.80. The Morgan fingerprint density at radius 3 is 1.21 bits per heavy atom. The predicted molar refractivity (Wildman–Crippen MR) is 86.5 cm³/mol. The number of carbonyl (C=O) groups is 2. The number of esters is 2. The number of carbonyl (C=O) groups excluding carboxylic acids is 2. The SMILES string of the molecule is COc1ccc(OC(=O)CCC(=O)Oc2ccc(OC)cc2)cc1. The summed E-state index contributed by atoms with van der Waals surface area (Å²) in [6.45, 7) is 0. The fraction of sp³-hybridized carbons (Fsp3) is 0.222. The number of methoxy groups -OCH3 is 2. The lowest BCUT2D eigenvalue weighted by Crippen LogP contribution is -2.14. The van der Waals surface area contributed by atoms with E-state index >= 15 is 0 Å². The third-order valence-corrected chi connectivity index (χ3v) is 3.12. The van der Waals surface area contributed by atoms with Crippen molar-refractivity contribution >= 4 is 11.9 Å². The molecule has 0 radical (unpaired) electrons. The lowest BCUT2D eigenvalue weighted by atomic mass is 10.3. The van der Waals surface area contributed by atoms with E-state index < -0.39 is 11.9 Å². The van der Waals surface area contributed by atoms with Crippen LogP contribution in [0.3, 0.4) is 0 Å². The molecule has 0 aliphatic heterocycles. The Labute approximate surface area is 139 Å². The number of hydrogen-bond acceptors (Lipinski definition) is 6. The number of ether oxygens (including phenoxy) is 4. The van der Waals surface area contributed by atoms with Gasteiger partial charge >= 0.3 is 11.9 Å². The first-order valence-corrected chi connectivity index (χ1v) is 7.30. The summed E-state index contributed by atoms with van der Waals surface area (Å²) in [6.07, 6.45) is -0.137. The van der Waals surface area contributed by atoms with Gasteiger partial charge in [0.25, 0.3) is 0 Å². The third-order valence-electron chi connectivity index (χ3n) is 3.12. The molecule has 2 rings (SSSR count). The Balaban J connectivity index is 1.76. The van der Waals surface area contributed by atoms with Crippen LogP contribution in [0, 0.1) is 0 Å². The first-order valence-electron chi connectivity index (χ1n) is 7.30. The number of rotatable bonds is 7. The third kappa shape index (κ3) is 5.31. The quantitative estimate of drug-likeness (QED) is 0.574. The van der Waals surface area contributed by atoms with E-state index in [2.05, 4.69) is 0 Å². The zero-order valence-corrected chi connectivity index (χ0v) is 13.5. The van der Waals surface area contributed by atoms with Gasteiger partial charge in [-0.3, -0.25) is 9.59 Å². The zero-order valence-electron chi connectivity index (χ0n) is 13.5. The highest BCUT2D eigenvalue weighted by molar-refractivity contribution is 5.80. The molecule has 2 aromatic carbocycles. The van der Waals surface area contributed by atoms with Gasteiger partial charge in [0.05, 0.1) is 27.1 Å². The molecule has 0 aliphatic carbocycles.